The lowest BCUT2D eigenvalue weighted by atomic mass is 10.4. The minimum Gasteiger partial charge on any atom is -0.315 e. The topological polar surface area (TPSA) is 58.2 Å². The van der Waals surface area contributed by atoms with Gasteiger partial charge < -0.3 is 5.32 Å². The summed E-state index contributed by atoms with van der Waals surface area (Å²) < 4.78 is 27.0. The molecule has 0 aromatic heterocycles. The zero-order valence-electron chi connectivity index (χ0n) is 10.4. The lowest BCUT2D eigenvalue weighted by Gasteiger charge is -2.08. The average Bonchev–Trinajstić information content (AvgIpc) is 2.32. The van der Waals surface area contributed by atoms with Crippen LogP contribution in [0.2, 0.25) is 5.02 Å². The second-order valence-electron chi connectivity index (χ2n) is 3.72. The van der Waals surface area contributed by atoms with Gasteiger partial charge in [0.1, 0.15) is 0 Å². The Morgan fingerprint density at radius 1 is 1.26 bits per heavy atom. The molecule has 8 heteroatoms. The molecule has 0 spiro atoms. The summed E-state index contributed by atoms with van der Waals surface area (Å²) in [6, 6.07) is 4.55. The van der Waals surface area contributed by atoms with Crippen LogP contribution < -0.4 is 10.0 Å². The predicted molar refractivity (Wildman–Crippen MR) is 84.7 cm³/mol. The zero-order chi connectivity index (χ0) is 13.6. The highest BCUT2D eigenvalue weighted by Crippen LogP contribution is 2.25. The molecule has 4 nitrogen and oxygen atoms in total. The van der Waals surface area contributed by atoms with E-state index in [9.17, 15) is 8.42 Å². The fourth-order valence-corrected chi connectivity index (χ4v) is 2.85. The zero-order valence-corrected chi connectivity index (χ0v) is 14.4. The van der Waals surface area contributed by atoms with Gasteiger partial charge in [0.05, 0.1) is 9.92 Å². The molecule has 2 N–H and O–H groups in total. The van der Waals surface area contributed by atoms with Gasteiger partial charge in [-0.1, -0.05) is 18.5 Å². The molecule has 0 amide bonds. The Morgan fingerprint density at radius 3 is 2.53 bits per heavy atom. The van der Waals surface area contributed by atoms with Crippen molar-refractivity contribution in [3.8, 4) is 0 Å². The van der Waals surface area contributed by atoms with Crippen molar-refractivity contribution in [3.63, 3.8) is 0 Å². The van der Waals surface area contributed by atoms with E-state index in [0.717, 1.165) is 13.0 Å². The first-order chi connectivity index (χ1) is 8.47. The molecule has 1 aromatic carbocycles. The van der Waals surface area contributed by atoms with Gasteiger partial charge in [-0.25, -0.2) is 13.1 Å². The number of hydrogen-bond donors (Lipinski definition) is 2. The molecule has 0 bridgehead atoms. The van der Waals surface area contributed by atoms with E-state index in [2.05, 4.69) is 32.9 Å². The van der Waals surface area contributed by atoms with E-state index in [1.165, 1.54) is 12.1 Å². The van der Waals surface area contributed by atoms with Crippen molar-refractivity contribution in [2.75, 3.05) is 19.6 Å². The van der Waals surface area contributed by atoms with Crippen LogP contribution in [0.15, 0.2) is 27.6 Å². The molecule has 0 fully saturated rings. The summed E-state index contributed by atoms with van der Waals surface area (Å²) in [5.74, 6) is 0. The normalized spacial score (nSPS) is 11.1. The van der Waals surface area contributed by atoms with Crippen LogP contribution in [-0.4, -0.2) is 28.1 Å². The van der Waals surface area contributed by atoms with Crippen molar-refractivity contribution in [1.82, 2.24) is 10.0 Å². The predicted octanol–water partition coefficient (Wildman–Crippen LogP) is 2.80. The molecule has 0 aliphatic rings. The number of rotatable bonds is 7. The van der Waals surface area contributed by atoms with Gasteiger partial charge in [-0.15, -0.1) is 12.4 Å². The Labute approximate surface area is 133 Å². The molecule has 0 aliphatic heterocycles. The number of hydrogen-bond acceptors (Lipinski definition) is 3. The average molecular weight is 392 g/mol. The van der Waals surface area contributed by atoms with Gasteiger partial charge >= 0.3 is 0 Å². The molecular weight excluding hydrogens is 375 g/mol. The lowest BCUT2D eigenvalue weighted by Crippen LogP contribution is -2.32. The third-order valence-electron chi connectivity index (χ3n) is 2.22. The van der Waals surface area contributed by atoms with Gasteiger partial charge in [-0.3, -0.25) is 0 Å². The summed E-state index contributed by atoms with van der Waals surface area (Å²) in [4.78, 5) is 0.172. The number of halogens is 3. The summed E-state index contributed by atoms with van der Waals surface area (Å²) in [7, 11) is -3.48. The summed E-state index contributed by atoms with van der Waals surface area (Å²) in [5.41, 5.74) is 0. The van der Waals surface area contributed by atoms with Crippen LogP contribution in [0.3, 0.4) is 0 Å². The molecule has 0 saturated carbocycles. The Morgan fingerprint density at radius 2 is 1.95 bits per heavy atom. The molecular formula is C11H17BrCl2N2O2S. The number of benzene rings is 1. The van der Waals surface area contributed by atoms with E-state index in [1.807, 2.05) is 0 Å². The van der Waals surface area contributed by atoms with E-state index >= 15 is 0 Å². The third kappa shape index (κ3) is 6.42. The van der Waals surface area contributed by atoms with Gasteiger partial charge in [-0.05, 0) is 47.1 Å². The van der Waals surface area contributed by atoms with Crippen LogP contribution in [0.4, 0.5) is 0 Å². The second kappa shape index (κ2) is 9.15. The fraction of sp³-hybridized carbons (Fsp3) is 0.455. The first kappa shape index (κ1) is 19.1. The molecule has 110 valence electrons. The van der Waals surface area contributed by atoms with Crippen LogP contribution in [0.5, 0.6) is 0 Å². The van der Waals surface area contributed by atoms with E-state index in [0.29, 0.717) is 22.6 Å². The summed E-state index contributed by atoms with van der Waals surface area (Å²) >= 11 is 9.09. The van der Waals surface area contributed by atoms with Crippen molar-refractivity contribution >= 4 is 50.0 Å². The summed E-state index contributed by atoms with van der Waals surface area (Å²) in [6.45, 7) is 3.90. The molecule has 0 saturated heterocycles. The molecule has 1 rings (SSSR count). The van der Waals surface area contributed by atoms with Crippen molar-refractivity contribution in [3.05, 3.63) is 27.7 Å². The maximum atomic E-state index is 11.9. The van der Waals surface area contributed by atoms with Crippen LogP contribution in [0, 0.1) is 0 Å². The Hall–Kier alpha value is 0.150. The SMILES string of the molecule is CCCNCCNS(=O)(=O)c1ccc(Br)c(Cl)c1.Cl. The highest BCUT2D eigenvalue weighted by molar-refractivity contribution is 9.10. The van der Waals surface area contributed by atoms with Crippen LogP contribution in [-0.2, 0) is 10.0 Å². The third-order valence-corrected chi connectivity index (χ3v) is 4.91. The maximum absolute atomic E-state index is 11.9. The summed E-state index contributed by atoms with van der Waals surface area (Å²) in [6.07, 6.45) is 1.02. The van der Waals surface area contributed by atoms with Crippen LogP contribution >= 0.6 is 39.9 Å². The molecule has 0 aliphatic carbocycles. The van der Waals surface area contributed by atoms with Gasteiger partial charge in [0, 0.05) is 17.6 Å². The molecule has 19 heavy (non-hydrogen) atoms. The number of sulfonamides is 1. The molecule has 0 heterocycles. The van der Waals surface area contributed by atoms with Crippen molar-refractivity contribution in [2.24, 2.45) is 0 Å². The van der Waals surface area contributed by atoms with E-state index in [4.69, 9.17) is 11.6 Å². The fourth-order valence-electron chi connectivity index (χ4n) is 1.30. The highest BCUT2D eigenvalue weighted by atomic mass is 79.9. The highest BCUT2D eigenvalue weighted by Gasteiger charge is 2.14. The summed E-state index contributed by atoms with van der Waals surface area (Å²) in [5, 5.41) is 3.50. The first-order valence-corrected chi connectivity index (χ1v) is 8.28. The molecule has 1 aromatic rings. The van der Waals surface area contributed by atoms with E-state index in [-0.39, 0.29) is 17.3 Å². The minimum atomic E-state index is -3.48. The first-order valence-electron chi connectivity index (χ1n) is 5.63. The maximum Gasteiger partial charge on any atom is 0.240 e. The van der Waals surface area contributed by atoms with Gasteiger partial charge in [-0.2, -0.15) is 0 Å². The van der Waals surface area contributed by atoms with Crippen molar-refractivity contribution in [1.29, 1.82) is 0 Å². The van der Waals surface area contributed by atoms with Gasteiger partial charge in [0.15, 0.2) is 0 Å². The Bertz CT molecular complexity index is 497. The van der Waals surface area contributed by atoms with Crippen LogP contribution in [0.25, 0.3) is 0 Å². The van der Waals surface area contributed by atoms with Crippen LogP contribution in [0.1, 0.15) is 13.3 Å². The van der Waals surface area contributed by atoms with Crippen molar-refractivity contribution < 1.29 is 8.42 Å². The lowest BCUT2D eigenvalue weighted by molar-refractivity contribution is 0.575. The Balaban J connectivity index is 0.00000324. The van der Waals surface area contributed by atoms with Crippen molar-refractivity contribution in [2.45, 2.75) is 18.2 Å². The van der Waals surface area contributed by atoms with Gasteiger partial charge in [0.25, 0.3) is 0 Å². The van der Waals surface area contributed by atoms with E-state index < -0.39 is 10.0 Å². The smallest absolute Gasteiger partial charge is 0.240 e. The monoisotopic (exact) mass is 390 g/mol. The Kier molecular flexibility index (Phi) is 9.23. The largest absolute Gasteiger partial charge is 0.315 e. The molecule has 0 radical (unpaired) electrons. The second-order valence-corrected chi connectivity index (χ2v) is 6.75. The minimum absolute atomic E-state index is 0. The molecule has 0 atom stereocenters. The number of nitrogens with one attached hydrogen (secondary N) is 2. The standard InChI is InChI=1S/C11H16BrClN2O2S.ClH/c1-2-5-14-6-7-15-18(16,17)9-3-4-10(12)11(13)8-9;/h3-4,8,14-15H,2,5-7H2,1H3;1H. The van der Waals surface area contributed by atoms with E-state index in [1.54, 1.807) is 6.07 Å². The molecule has 0 unspecified atom stereocenters. The quantitative estimate of drug-likeness (QED) is 0.702. The van der Waals surface area contributed by atoms with Gasteiger partial charge in [0.2, 0.25) is 10.0 Å².